The Morgan fingerprint density at radius 3 is 2.60 bits per heavy atom. The number of nitrogens with zero attached hydrogens (tertiary/aromatic N) is 3. The second kappa shape index (κ2) is 5.32. The fourth-order valence-corrected chi connectivity index (χ4v) is 1.42. The first-order valence-electron chi connectivity index (χ1n) is 5.63. The van der Waals surface area contributed by atoms with E-state index in [4.69, 9.17) is 4.74 Å². The highest BCUT2D eigenvalue weighted by Crippen LogP contribution is 2.31. The first-order chi connectivity index (χ1) is 9.40. The zero-order valence-corrected chi connectivity index (χ0v) is 10.7. The Balaban J connectivity index is 2.39. The van der Waals surface area contributed by atoms with Gasteiger partial charge in [-0.1, -0.05) is 0 Å². The maximum Gasteiger partial charge on any atom is 0.433 e. The highest BCUT2D eigenvalue weighted by atomic mass is 19.4. The molecule has 2 heterocycles. The molecule has 0 aromatic carbocycles. The molecule has 106 valence electrons. The van der Waals surface area contributed by atoms with Gasteiger partial charge in [0.25, 0.3) is 0 Å². The molecule has 0 amide bonds. The Labute approximate surface area is 112 Å². The predicted octanol–water partition coefficient (Wildman–Crippen LogP) is 3.03. The number of pyridine rings is 1. The van der Waals surface area contributed by atoms with E-state index in [2.05, 4.69) is 20.3 Å². The van der Waals surface area contributed by atoms with E-state index >= 15 is 0 Å². The van der Waals surface area contributed by atoms with Crippen molar-refractivity contribution in [3.63, 3.8) is 0 Å². The third kappa shape index (κ3) is 3.14. The summed E-state index contributed by atoms with van der Waals surface area (Å²) in [5.41, 5.74) is -0.529. The summed E-state index contributed by atoms with van der Waals surface area (Å²) in [4.78, 5) is 11.2. The molecular weight excluding hydrogens is 273 g/mol. The van der Waals surface area contributed by atoms with E-state index in [1.165, 1.54) is 7.05 Å². The van der Waals surface area contributed by atoms with E-state index in [1.54, 1.807) is 25.3 Å². The average molecular weight is 284 g/mol. The van der Waals surface area contributed by atoms with Crippen LogP contribution in [0.2, 0.25) is 0 Å². The molecule has 2 aromatic heterocycles. The number of ether oxygens (including phenoxy) is 1. The average Bonchev–Trinajstić information content (AvgIpc) is 2.40. The molecule has 0 saturated heterocycles. The smallest absolute Gasteiger partial charge is 0.433 e. The topological polar surface area (TPSA) is 59.9 Å². The van der Waals surface area contributed by atoms with Crippen molar-refractivity contribution in [3.05, 3.63) is 35.8 Å². The van der Waals surface area contributed by atoms with Gasteiger partial charge in [-0.3, -0.25) is 4.98 Å². The summed E-state index contributed by atoms with van der Waals surface area (Å²) in [6.45, 7) is 1.68. The molecule has 0 atom stereocenters. The fraction of sp³-hybridized carbons (Fsp3) is 0.250. The molecule has 1 N–H and O–H groups in total. The van der Waals surface area contributed by atoms with Crippen molar-refractivity contribution in [1.82, 2.24) is 15.0 Å². The van der Waals surface area contributed by atoms with Crippen molar-refractivity contribution in [2.75, 3.05) is 12.4 Å². The first-order valence-corrected chi connectivity index (χ1v) is 5.63. The molecule has 0 unspecified atom stereocenters. The van der Waals surface area contributed by atoms with Gasteiger partial charge in [-0.05, 0) is 19.1 Å². The summed E-state index contributed by atoms with van der Waals surface area (Å²) in [5.74, 6) is -0.0366. The molecule has 0 aliphatic heterocycles. The van der Waals surface area contributed by atoms with Crippen molar-refractivity contribution in [2.45, 2.75) is 13.1 Å². The van der Waals surface area contributed by atoms with Crippen molar-refractivity contribution >= 4 is 5.95 Å². The van der Waals surface area contributed by atoms with Gasteiger partial charge < -0.3 is 10.1 Å². The maximum absolute atomic E-state index is 12.7. The van der Waals surface area contributed by atoms with Gasteiger partial charge in [0.1, 0.15) is 0 Å². The molecule has 20 heavy (non-hydrogen) atoms. The van der Waals surface area contributed by atoms with Crippen LogP contribution in [0.25, 0.3) is 0 Å². The van der Waals surface area contributed by atoms with E-state index in [1.807, 2.05) is 0 Å². The third-order valence-electron chi connectivity index (χ3n) is 2.39. The lowest BCUT2D eigenvalue weighted by Gasteiger charge is -2.11. The Kier molecular flexibility index (Phi) is 3.73. The van der Waals surface area contributed by atoms with Crippen molar-refractivity contribution in [1.29, 1.82) is 0 Å². The van der Waals surface area contributed by atoms with Gasteiger partial charge in [-0.25, -0.2) is 4.98 Å². The molecule has 0 spiro atoms. The second-order valence-corrected chi connectivity index (χ2v) is 3.85. The largest absolute Gasteiger partial charge is 0.437 e. The zero-order chi connectivity index (χ0) is 14.8. The molecule has 2 aromatic rings. The van der Waals surface area contributed by atoms with Crippen LogP contribution in [0, 0.1) is 6.92 Å². The minimum absolute atomic E-state index is 0.170. The van der Waals surface area contributed by atoms with E-state index < -0.39 is 11.9 Å². The molecule has 5 nitrogen and oxygen atoms in total. The molecule has 0 fully saturated rings. The molecule has 0 saturated carbocycles. The van der Waals surface area contributed by atoms with E-state index in [0.29, 0.717) is 11.4 Å². The van der Waals surface area contributed by atoms with Crippen LogP contribution in [-0.2, 0) is 6.18 Å². The van der Waals surface area contributed by atoms with Crippen LogP contribution in [0.5, 0.6) is 11.6 Å². The first kappa shape index (κ1) is 14.0. The van der Waals surface area contributed by atoms with Gasteiger partial charge in [0.2, 0.25) is 11.8 Å². The van der Waals surface area contributed by atoms with Crippen LogP contribution in [0.1, 0.15) is 11.4 Å². The molecule has 0 bridgehead atoms. The summed E-state index contributed by atoms with van der Waals surface area (Å²) in [6.07, 6.45) is -3.01. The number of aryl methyl sites for hydroxylation is 1. The lowest BCUT2D eigenvalue weighted by Crippen LogP contribution is -2.11. The molecule has 0 radical (unpaired) electrons. The van der Waals surface area contributed by atoms with Crippen LogP contribution >= 0.6 is 0 Å². The number of nitrogens with one attached hydrogen (secondary N) is 1. The van der Waals surface area contributed by atoms with Gasteiger partial charge in [-0.15, -0.1) is 0 Å². The van der Waals surface area contributed by atoms with Crippen molar-refractivity contribution < 1.29 is 17.9 Å². The third-order valence-corrected chi connectivity index (χ3v) is 2.39. The summed E-state index contributed by atoms with van der Waals surface area (Å²) in [5, 5.41) is 2.46. The lowest BCUT2D eigenvalue weighted by atomic mass is 10.3. The normalized spacial score (nSPS) is 11.2. The number of alkyl halides is 3. The number of halogens is 3. The van der Waals surface area contributed by atoms with E-state index in [9.17, 15) is 13.2 Å². The van der Waals surface area contributed by atoms with Crippen molar-refractivity contribution in [2.24, 2.45) is 0 Å². The Hall–Kier alpha value is -2.38. The van der Waals surface area contributed by atoms with Gasteiger partial charge in [0, 0.05) is 19.3 Å². The van der Waals surface area contributed by atoms with Crippen LogP contribution in [0.15, 0.2) is 24.4 Å². The Morgan fingerprint density at radius 2 is 2.00 bits per heavy atom. The summed E-state index contributed by atoms with van der Waals surface area (Å²) in [6, 6.07) is 3.96. The fourth-order valence-electron chi connectivity index (χ4n) is 1.42. The Bertz CT molecular complexity index is 616. The molecule has 2 rings (SSSR count). The van der Waals surface area contributed by atoms with Gasteiger partial charge in [0.05, 0.1) is 5.69 Å². The SMILES string of the molecule is CNc1nc(Oc2cccnc2C)cc(C(F)(F)F)n1. The number of hydrogen-bond acceptors (Lipinski definition) is 5. The number of anilines is 1. The second-order valence-electron chi connectivity index (χ2n) is 3.85. The van der Waals surface area contributed by atoms with Crippen LogP contribution in [0.4, 0.5) is 19.1 Å². The quantitative estimate of drug-likeness (QED) is 0.938. The van der Waals surface area contributed by atoms with E-state index in [0.717, 1.165) is 6.07 Å². The van der Waals surface area contributed by atoms with Crippen LogP contribution in [-0.4, -0.2) is 22.0 Å². The highest BCUT2D eigenvalue weighted by Gasteiger charge is 2.34. The van der Waals surface area contributed by atoms with Crippen molar-refractivity contribution in [3.8, 4) is 11.6 Å². The molecule has 0 aliphatic carbocycles. The molecular formula is C12H11F3N4O. The lowest BCUT2D eigenvalue weighted by molar-refractivity contribution is -0.141. The highest BCUT2D eigenvalue weighted by molar-refractivity contribution is 5.35. The number of aromatic nitrogens is 3. The summed E-state index contributed by atoms with van der Waals surface area (Å²) >= 11 is 0. The minimum Gasteiger partial charge on any atom is -0.437 e. The zero-order valence-electron chi connectivity index (χ0n) is 10.7. The van der Waals surface area contributed by atoms with Crippen LogP contribution < -0.4 is 10.1 Å². The standard InChI is InChI=1S/C12H11F3N4O/c1-7-8(4-3-5-17-7)20-10-6-9(12(13,14)15)18-11(16-2)19-10/h3-6H,1-2H3,(H,16,18,19). The number of hydrogen-bond donors (Lipinski definition) is 1. The Morgan fingerprint density at radius 1 is 1.25 bits per heavy atom. The molecule has 8 heteroatoms. The van der Waals surface area contributed by atoms with Crippen LogP contribution in [0.3, 0.4) is 0 Å². The number of rotatable bonds is 3. The summed E-state index contributed by atoms with van der Waals surface area (Å²) < 4.78 is 43.5. The van der Waals surface area contributed by atoms with E-state index in [-0.39, 0.29) is 11.8 Å². The molecule has 0 aliphatic rings. The summed E-state index contributed by atoms with van der Waals surface area (Å²) in [7, 11) is 1.43. The van der Waals surface area contributed by atoms with Gasteiger partial charge in [0.15, 0.2) is 11.4 Å². The van der Waals surface area contributed by atoms with Gasteiger partial charge in [-0.2, -0.15) is 18.2 Å². The maximum atomic E-state index is 12.7. The minimum atomic E-state index is -4.57. The van der Waals surface area contributed by atoms with Gasteiger partial charge >= 0.3 is 6.18 Å². The predicted molar refractivity (Wildman–Crippen MR) is 65.6 cm³/mol. The monoisotopic (exact) mass is 284 g/mol.